The lowest BCUT2D eigenvalue weighted by atomic mass is 9.66. The van der Waals surface area contributed by atoms with Crippen LogP contribution < -0.4 is 4.90 Å². The Kier molecular flexibility index (Phi) is 9.38. The maximum Gasteiger partial charge on any atom is 0.253 e. The Hall–Kier alpha value is -2.97. The topological polar surface area (TPSA) is 90.4 Å². The summed E-state index contributed by atoms with van der Waals surface area (Å²) in [6.07, 6.45) is 5.93. The largest absolute Gasteiger partial charge is 0.394 e. The van der Waals surface area contributed by atoms with Crippen molar-refractivity contribution in [2.24, 2.45) is 17.8 Å². The highest BCUT2D eigenvalue weighted by Crippen LogP contribution is 2.64. The molecule has 230 valence electrons. The zero-order valence-corrected chi connectivity index (χ0v) is 26.3. The first-order valence-electron chi connectivity index (χ1n) is 15.5. The Morgan fingerprint density at radius 2 is 1.86 bits per heavy atom. The fourth-order valence-corrected chi connectivity index (χ4v) is 7.70. The highest BCUT2D eigenvalue weighted by molar-refractivity contribution is 6.05. The van der Waals surface area contributed by atoms with E-state index in [-0.39, 0.29) is 36.8 Å². The molecule has 3 fully saturated rings. The minimum atomic E-state index is -1.17. The second-order valence-corrected chi connectivity index (χ2v) is 12.7. The van der Waals surface area contributed by atoms with E-state index in [0.717, 1.165) is 23.2 Å². The molecule has 0 radical (unpaired) electrons. The molecular formula is C34H49N3O5. The van der Waals surface area contributed by atoms with Crippen LogP contribution in [0.15, 0.2) is 43.5 Å². The number of amides is 3. The fraction of sp³-hybridized carbons (Fsp3) is 0.618. The van der Waals surface area contributed by atoms with E-state index in [1.807, 2.05) is 59.7 Å². The van der Waals surface area contributed by atoms with Crippen molar-refractivity contribution in [2.75, 3.05) is 31.1 Å². The number of fused-ring (bicyclic) bond motifs is 1. The van der Waals surface area contributed by atoms with Crippen molar-refractivity contribution in [3.05, 3.63) is 54.6 Å². The third-order valence-corrected chi connectivity index (χ3v) is 9.95. The van der Waals surface area contributed by atoms with Crippen molar-refractivity contribution >= 4 is 23.4 Å². The third kappa shape index (κ3) is 5.00. The standard InChI is InChI=1S/C34H49N3O5/c1-9-17-35(18-10-2)30(39)27-28-31(40)37(26(21-38)23(6)12-4)29(34(28)16-15-33(27,8)42-34)32(41)36(19-11-3)25-20-22(5)13-14-24(25)7/h9,11,13-14,20,23,26-29,38H,1,3,10,12,15-19,21H2,2,4-8H3/t23-,26-,27-,28-,29?,33+,34?/m0/s1. The van der Waals surface area contributed by atoms with Gasteiger partial charge in [0, 0.05) is 25.3 Å². The molecule has 2 bridgehead atoms. The van der Waals surface area contributed by atoms with Gasteiger partial charge in [-0.1, -0.05) is 51.5 Å². The second kappa shape index (κ2) is 12.3. The molecule has 0 aromatic heterocycles. The van der Waals surface area contributed by atoms with Gasteiger partial charge in [-0.25, -0.2) is 0 Å². The van der Waals surface area contributed by atoms with Crippen molar-refractivity contribution in [2.45, 2.75) is 90.5 Å². The van der Waals surface area contributed by atoms with E-state index in [1.54, 1.807) is 26.9 Å². The minimum absolute atomic E-state index is 0.0719. The number of ether oxygens (including phenoxy) is 1. The Labute approximate surface area is 251 Å². The maximum absolute atomic E-state index is 14.9. The van der Waals surface area contributed by atoms with Crippen molar-refractivity contribution in [3.63, 3.8) is 0 Å². The Morgan fingerprint density at radius 1 is 1.17 bits per heavy atom. The van der Waals surface area contributed by atoms with Gasteiger partial charge in [0.25, 0.3) is 5.91 Å². The van der Waals surface area contributed by atoms with Crippen LogP contribution in [0.4, 0.5) is 5.69 Å². The van der Waals surface area contributed by atoms with Crippen LogP contribution in [0.25, 0.3) is 0 Å². The van der Waals surface area contributed by atoms with E-state index in [9.17, 15) is 19.5 Å². The number of rotatable bonds is 13. The molecular weight excluding hydrogens is 530 g/mol. The van der Waals surface area contributed by atoms with Gasteiger partial charge in [0.1, 0.15) is 11.6 Å². The summed E-state index contributed by atoms with van der Waals surface area (Å²) in [4.78, 5) is 48.9. The number of benzene rings is 1. The molecule has 3 aliphatic heterocycles. The van der Waals surface area contributed by atoms with Crippen LogP contribution in [0.2, 0.25) is 0 Å². The number of aliphatic hydroxyl groups is 1. The molecule has 8 heteroatoms. The molecule has 1 aromatic carbocycles. The monoisotopic (exact) mass is 579 g/mol. The number of aliphatic hydroxyl groups excluding tert-OH is 1. The first-order valence-corrected chi connectivity index (χ1v) is 15.5. The molecule has 4 rings (SSSR count). The maximum atomic E-state index is 14.9. The average molecular weight is 580 g/mol. The number of carbonyl (C=O) groups is 3. The van der Waals surface area contributed by atoms with Crippen LogP contribution in [0, 0.1) is 31.6 Å². The van der Waals surface area contributed by atoms with Crippen molar-refractivity contribution in [3.8, 4) is 0 Å². The number of carbonyl (C=O) groups excluding carboxylic acids is 3. The summed E-state index contributed by atoms with van der Waals surface area (Å²) in [6, 6.07) is 4.39. The Morgan fingerprint density at radius 3 is 2.45 bits per heavy atom. The number of likely N-dealkylation sites (tertiary alicyclic amines) is 1. The molecule has 3 heterocycles. The Balaban J connectivity index is 1.89. The minimum Gasteiger partial charge on any atom is -0.394 e. The molecule has 42 heavy (non-hydrogen) atoms. The van der Waals surface area contributed by atoms with Gasteiger partial charge in [0.2, 0.25) is 11.8 Å². The van der Waals surface area contributed by atoms with Crippen molar-refractivity contribution in [1.82, 2.24) is 9.80 Å². The van der Waals surface area contributed by atoms with Gasteiger partial charge >= 0.3 is 0 Å². The highest BCUT2D eigenvalue weighted by atomic mass is 16.5. The molecule has 1 spiro atoms. The molecule has 3 saturated heterocycles. The molecule has 0 saturated carbocycles. The Bertz CT molecular complexity index is 1230. The van der Waals surface area contributed by atoms with E-state index in [2.05, 4.69) is 13.2 Å². The number of hydrogen-bond donors (Lipinski definition) is 1. The lowest BCUT2D eigenvalue weighted by Crippen LogP contribution is -2.60. The summed E-state index contributed by atoms with van der Waals surface area (Å²) in [7, 11) is 0. The zero-order chi connectivity index (χ0) is 31.0. The van der Waals surface area contributed by atoms with Gasteiger partial charge in [0.05, 0.1) is 30.1 Å². The van der Waals surface area contributed by atoms with Gasteiger partial charge in [-0.3, -0.25) is 14.4 Å². The van der Waals surface area contributed by atoms with E-state index in [0.29, 0.717) is 32.4 Å². The fourth-order valence-electron chi connectivity index (χ4n) is 7.70. The van der Waals surface area contributed by atoms with Gasteiger partial charge in [-0.2, -0.15) is 0 Å². The van der Waals surface area contributed by atoms with Crippen LogP contribution in [0.1, 0.15) is 64.5 Å². The summed E-state index contributed by atoms with van der Waals surface area (Å²) < 4.78 is 6.88. The van der Waals surface area contributed by atoms with Crippen LogP contribution in [-0.2, 0) is 19.1 Å². The second-order valence-electron chi connectivity index (χ2n) is 12.7. The summed E-state index contributed by atoms with van der Waals surface area (Å²) in [6.45, 7) is 20.5. The molecule has 2 unspecified atom stereocenters. The van der Waals surface area contributed by atoms with Crippen LogP contribution in [0.3, 0.4) is 0 Å². The first-order chi connectivity index (χ1) is 20.0. The third-order valence-electron chi connectivity index (χ3n) is 9.95. The summed E-state index contributed by atoms with van der Waals surface area (Å²) in [5.74, 6) is -2.29. The summed E-state index contributed by atoms with van der Waals surface area (Å²) in [5.41, 5.74) is 0.645. The molecule has 3 aliphatic rings. The molecule has 0 aliphatic carbocycles. The van der Waals surface area contributed by atoms with Crippen molar-refractivity contribution in [1.29, 1.82) is 0 Å². The molecule has 8 nitrogen and oxygen atoms in total. The van der Waals surface area contributed by atoms with Crippen molar-refractivity contribution < 1.29 is 24.2 Å². The first kappa shape index (κ1) is 32.0. The van der Waals surface area contributed by atoms with Gasteiger partial charge in [-0.15, -0.1) is 13.2 Å². The van der Waals surface area contributed by atoms with Gasteiger partial charge < -0.3 is 24.5 Å². The van der Waals surface area contributed by atoms with Gasteiger partial charge in [0.15, 0.2) is 0 Å². The average Bonchev–Trinajstić information content (AvgIpc) is 3.53. The molecule has 1 N–H and O–H groups in total. The van der Waals surface area contributed by atoms with Gasteiger partial charge in [-0.05, 0) is 63.1 Å². The number of anilines is 1. The van der Waals surface area contributed by atoms with Crippen LogP contribution in [0.5, 0.6) is 0 Å². The zero-order valence-electron chi connectivity index (χ0n) is 26.3. The predicted octanol–water partition coefficient (Wildman–Crippen LogP) is 4.42. The normalized spacial score (nSPS) is 29.3. The summed E-state index contributed by atoms with van der Waals surface area (Å²) >= 11 is 0. The van der Waals surface area contributed by atoms with E-state index < -0.39 is 35.1 Å². The molecule has 1 aromatic rings. The van der Waals surface area contributed by atoms with E-state index in [1.165, 1.54) is 0 Å². The molecule has 7 atom stereocenters. The number of hydrogen-bond acceptors (Lipinski definition) is 5. The smallest absolute Gasteiger partial charge is 0.253 e. The number of aryl methyl sites for hydroxylation is 2. The quantitative estimate of drug-likeness (QED) is 0.350. The number of nitrogens with zero attached hydrogens (tertiary/aromatic N) is 3. The predicted molar refractivity (Wildman–Crippen MR) is 165 cm³/mol. The van der Waals surface area contributed by atoms with Crippen LogP contribution in [-0.4, -0.2) is 82.2 Å². The van der Waals surface area contributed by atoms with Crippen LogP contribution >= 0.6 is 0 Å². The SMILES string of the molecule is C=CCN(CCC)C(=O)[C@@H]1[C@H]2C(=O)N([C@@H](CO)[C@@H](C)CC)C(C(=O)N(CC=C)c3cc(C)ccc3C)C23CC[C@@]1(C)O3. The highest BCUT2D eigenvalue weighted by Gasteiger charge is 2.79. The van der Waals surface area contributed by atoms with E-state index >= 15 is 0 Å². The lowest BCUT2D eigenvalue weighted by molar-refractivity contribution is -0.153. The van der Waals surface area contributed by atoms with E-state index in [4.69, 9.17) is 4.74 Å². The lowest BCUT2D eigenvalue weighted by Gasteiger charge is -2.41. The molecule has 3 amide bonds. The summed E-state index contributed by atoms with van der Waals surface area (Å²) in [5, 5.41) is 10.7.